The minimum absolute atomic E-state index is 0.0738. The number of nitrogens with one attached hydrogen (secondary N) is 1. The molecule has 7 nitrogen and oxygen atoms in total. The summed E-state index contributed by atoms with van der Waals surface area (Å²) in [6, 6.07) is 14.1. The molecule has 2 aromatic rings. The van der Waals surface area contributed by atoms with Crippen molar-refractivity contribution in [2.24, 2.45) is 5.73 Å². The largest absolute Gasteiger partial charge is 0.484 e. The van der Waals surface area contributed by atoms with Gasteiger partial charge in [0.25, 0.3) is 11.8 Å². The van der Waals surface area contributed by atoms with Gasteiger partial charge in [-0.25, -0.2) is 4.79 Å². The minimum Gasteiger partial charge on any atom is -0.484 e. The summed E-state index contributed by atoms with van der Waals surface area (Å²) in [5, 5.41) is 2.99. The van der Waals surface area contributed by atoms with E-state index in [0.717, 1.165) is 24.8 Å². The Morgan fingerprint density at radius 1 is 1.14 bits per heavy atom. The molecule has 0 spiro atoms. The van der Waals surface area contributed by atoms with Crippen LogP contribution >= 0.6 is 0 Å². The predicted octanol–water partition coefficient (Wildman–Crippen LogP) is 2.29. The van der Waals surface area contributed by atoms with Gasteiger partial charge in [0.05, 0.1) is 11.6 Å². The second kappa shape index (κ2) is 9.23. The summed E-state index contributed by atoms with van der Waals surface area (Å²) in [6.07, 6.45) is 1.94. The Balaban J connectivity index is 1.56. The van der Waals surface area contributed by atoms with Gasteiger partial charge in [0.2, 0.25) is 0 Å². The molecule has 1 aliphatic rings. The molecule has 152 valence electrons. The molecule has 0 aromatic heterocycles. The van der Waals surface area contributed by atoms with Gasteiger partial charge in [-0.1, -0.05) is 24.3 Å². The maximum atomic E-state index is 12.5. The van der Waals surface area contributed by atoms with Gasteiger partial charge in [-0.2, -0.15) is 0 Å². The summed E-state index contributed by atoms with van der Waals surface area (Å²) in [6.45, 7) is 1.30. The van der Waals surface area contributed by atoms with Gasteiger partial charge in [0, 0.05) is 0 Å². The number of esters is 1. The van der Waals surface area contributed by atoms with E-state index < -0.39 is 18.0 Å². The van der Waals surface area contributed by atoms with E-state index in [1.807, 2.05) is 18.2 Å². The van der Waals surface area contributed by atoms with Crippen LogP contribution in [0, 0.1) is 0 Å². The number of hydrogen-bond acceptors (Lipinski definition) is 5. The van der Waals surface area contributed by atoms with Gasteiger partial charge < -0.3 is 20.5 Å². The zero-order chi connectivity index (χ0) is 20.8. The van der Waals surface area contributed by atoms with Gasteiger partial charge in [-0.3, -0.25) is 9.59 Å². The average Bonchev–Trinajstić information content (AvgIpc) is 2.72. The van der Waals surface area contributed by atoms with Gasteiger partial charge in [0.1, 0.15) is 5.75 Å². The van der Waals surface area contributed by atoms with Crippen molar-refractivity contribution < 1.29 is 23.9 Å². The topological polar surface area (TPSA) is 108 Å². The Kier molecular flexibility index (Phi) is 6.49. The van der Waals surface area contributed by atoms with E-state index in [-0.39, 0.29) is 24.1 Å². The van der Waals surface area contributed by atoms with E-state index in [1.54, 1.807) is 6.92 Å². The predicted molar refractivity (Wildman–Crippen MR) is 106 cm³/mol. The fourth-order valence-electron chi connectivity index (χ4n) is 3.32. The quantitative estimate of drug-likeness (QED) is 0.698. The number of ether oxygens (including phenoxy) is 2. The number of benzene rings is 2. The van der Waals surface area contributed by atoms with Crippen molar-refractivity contribution in [1.29, 1.82) is 0 Å². The fourth-order valence-corrected chi connectivity index (χ4v) is 3.32. The van der Waals surface area contributed by atoms with Crippen LogP contribution in [0.15, 0.2) is 48.5 Å². The molecule has 29 heavy (non-hydrogen) atoms. The van der Waals surface area contributed by atoms with E-state index in [9.17, 15) is 14.4 Å². The number of carbonyl (C=O) groups is 3. The molecule has 2 amide bonds. The van der Waals surface area contributed by atoms with Crippen molar-refractivity contribution in [3.8, 4) is 5.75 Å². The first-order chi connectivity index (χ1) is 13.9. The van der Waals surface area contributed by atoms with Crippen LogP contribution in [0.4, 0.5) is 0 Å². The number of fused-ring (bicyclic) bond motifs is 1. The Morgan fingerprint density at radius 3 is 2.59 bits per heavy atom. The SMILES string of the molecule is C[C@H](OC(=O)c1ccc(OCC(N)=O)cc1)C(=O)N[C@H]1CCCc2ccccc21. The Labute approximate surface area is 169 Å². The molecular weight excluding hydrogens is 372 g/mol. The molecule has 7 heteroatoms. The molecule has 3 rings (SSSR count). The summed E-state index contributed by atoms with van der Waals surface area (Å²) < 4.78 is 10.4. The van der Waals surface area contributed by atoms with E-state index in [1.165, 1.54) is 29.8 Å². The lowest BCUT2D eigenvalue weighted by Crippen LogP contribution is -2.39. The lowest BCUT2D eigenvalue weighted by atomic mass is 9.87. The zero-order valence-electron chi connectivity index (χ0n) is 16.2. The van der Waals surface area contributed by atoms with Gasteiger partial charge in [-0.05, 0) is 61.6 Å². The van der Waals surface area contributed by atoms with Crippen LogP contribution in [0.2, 0.25) is 0 Å². The molecule has 1 aliphatic carbocycles. The highest BCUT2D eigenvalue weighted by molar-refractivity contribution is 5.92. The van der Waals surface area contributed by atoms with Crippen LogP contribution in [0.1, 0.15) is 47.3 Å². The minimum atomic E-state index is -0.928. The molecule has 3 N–H and O–H groups in total. The first kappa shape index (κ1) is 20.4. The average molecular weight is 396 g/mol. The number of rotatable bonds is 7. The first-order valence-electron chi connectivity index (χ1n) is 9.54. The van der Waals surface area contributed by atoms with Crippen LogP contribution < -0.4 is 15.8 Å². The smallest absolute Gasteiger partial charge is 0.338 e. The van der Waals surface area contributed by atoms with E-state index in [0.29, 0.717) is 5.75 Å². The summed E-state index contributed by atoms with van der Waals surface area (Å²) in [5.41, 5.74) is 7.66. The van der Waals surface area contributed by atoms with Crippen LogP contribution in [0.25, 0.3) is 0 Å². The van der Waals surface area contributed by atoms with Crippen molar-refractivity contribution in [2.45, 2.75) is 38.3 Å². The number of aryl methyl sites for hydroxylation is 1. The van der Waals surface area contributed by atoms with Crippen LogP contribution in [-0.4, -0.2) is 30.5 Å². The Morgan fingerprint density at radius 2 is 1.86 bits per heavy atom. The lowest BCUT2D eigenvalue weighted by Gasteiger charge is -2.27. The van der Waals surface area contributed by atoms with Gasteiger partial charge in [-0.15, -0.1) is 0 Å². The molecule has 2 atom stereocenters. The third kappa shape index (κ3) is 5.34. The fraction of sp³-hybridized carbons (Fsp3) is 0.318. The number of carbonyl (C=O) groups excluding carboxylic acids is 3. The van der Waals surface area contributed by atoms with Crippen molar-refractivity contribution in [2.75, 3.05) is 6.61 Å². The third-order valence-corrected chi connectivity index (χ3v) is 4.81. The molecule has 0 saturated carbocycles. The standard InChI is InChI=1S/C22H24N2O5/c1-14(21(26)24-19-8-4-6-15-5-2-3-7-18(15)19)29-22(27)16-9-11-17(12-10-16)28-13-20(23)25/h2-3,5,7,9-12,14,19H,4,6,8,13H2,1H3,(H2,23,25)(H,24,26)/t14-,19-/m0/s1. The second-order valence-electron chi connectivity index (χ2n) is 6.98. The van der Waals surface area contributed by atoms with Crippen molar-refractivity contribution >= 4 is 17.8 Å². The van der Waals surface area contributed by atoms with Crippen molar-refractivity contribution in [1.82, 2.24) is 5.32 Å². The molecular formula is C22H24N2O5. The van der Waals surface area contributed by atoms with Crippen LogP contribution in [-0.2, 0) is 20.7 Å². The van der Waals surface area contributed by atoms with Crippen molar-refractivity contribution in [3.05, 3.63) is 65.2 Å². The second-order valence-corrected chi connectivity index (χ2v) is 6.98. The number of amides is 2. The summed E-state index contributed by atoms with van der Waals surface area (Å²) in [4.78, 5) is 35.6. The molecule has 2 aromatic carbocycles. The molecule has 0 bridgehead atoms. The normalized spacial score (nSPS) is 16.2. The Hall–Kier alpha value is -3.35. The number of primary amides is 1. The number of nitrogens with two attached hydrogens (primary N) is 1. The molecule has 0 aliphatic heterocycles. The van der Waals surface area contributed by atoms with E-state index >= 15 is 0 Å². The third-order valence-electron chi connectivity index (χ3n) is 4.81. The lowest BCUT2D eigenvalue weighted by molar-refractivity contribution is -0.130. The highest BCUT2D eigenvalue weighted by Crippen LogP contribution is 2.29. The maximum absolute atomic E-state index is 12.5. The van der Waals surface area contributed by atoms with E-state index in [4.69, 9.17) is 15.2 Å². The van der Waals surface area contributed by atoms with Crippen LogP contribution in [0.5, 0.6) is 5.75 Å². The van der Waals surface area contributed by atoms with Crippen LogP contribution in [0.3, 0.4) is 0 Å². The first-order valence-corrected chi connectivity index (χ1v) is 9.54. The highest BCUT2D eigenvalue weighted by atomic mass is 16.5. The summed E-state index contributed by atoms with van der Waals surface area (Å²) in [7, 11) is 0. The highest BCUT2D eigenvalue weighted by Gasteiger charge is 2.25. The van der Waals surface area contributed by atoms with E-state index in [2.05, 4.69) is 11.4 Å². The summed E-state index contributed by atoms with van der Waals surface area (Å²) in [5.74, 6) is -1.13. The summed E-state index contributed by atoms with van der Waals surface area (Å²) >= 11 is 0. The van der Waals surface area contributed by atoms with Gasteiger partial charge >= 0.3 is 5.97 Å². The molecule has 0 heterocycles. The number of hydrogen-bond donors (Lipinski definition) is 2. The molecule has 0 saturated heterocycles. The zero-order valence-corrected chi connectivity index (χ0v) is 16.2. The van der Waals surface area contributed by atoms with Crippen molar-refractivity contribution in [3.63, 3.8) is 0 Å². The molecule has 0 fully saturated rings. The molecule has 0 radical (unpaired) electrons. The monoisotopic (exact) mass is 396 g/mol. The van der Waals surface area contributed by atoms with Gasteiger partial charge in [0.15, 0.2) is 12.7 Å². The maximum Gasteiger partial charge on any atom is 0.338 e. The molecule has 0 unspecified atom stereocenters. The Bertz CT molecular complexity index is 894.